The zero-order valence-electron chi connectivity index (χ0n) is 20.6. The predicted molar refractivity (Wildman–Crippen MR) is 130 cm³/mol. The van der Waals surface area contributed by atoms with Gasteiger partial charge in [-0.2, -0.15) is 0 Å². The average Bonchev–Trinajstić information content (AvgIpc) is 2.75. The molecule has 35 heavy (non-hydrogen) atoms. The molecule has 0 radical (unpaired) electrons. The second-order valence-corrected chi connectivity index (χ2v) is 9.29. The molecule has 8 N–H and O–H groups in total. The smallest absolute Gasteiger partial charge is 0.326 e. The molecule has 0 bridgehead atoms. The molecule has 11 heteroatoms. The number of hydrogen-bond donors (Lipinski definition) is 6. The summed E-state index contributed by atoms with van der Waals surface area (Å²) in [7, 11) is 0. The average molecular weight is 492 g/mol. The third-order valence-corrected chi connectivity index (χ3v) is 5.24. The van der Waals surface area contributed by atoms with Gasteiger partial charge in [-0.1, -0.05) is 58.0 Å². The number of carboxylic acid groups (broad SMARTS) is 1. The highest BCUT2D eigenvalue weighted by molar-refractivity contribution is 5.95. The van der Waals surface area contributed by atoms with Gasteiger partial charge in [-0.15, -0.1) is 0 Å². The van der Waals surface area contributed by atoms with Crippen LogP contribution in [0.4, 0.5) is 0 Å². The second-order valence-electron chi connectivity index (χ2n) is 9.29. The van der Waals surface area contributed by atoms with Crippen molar-refractivity contribution >= 4 is 29.6 Å². The molecular formula is C24H37N5O6. The summed E-state index contributed by atoms with van der Waals surface area (Å²) in [5.74, 6) is -4.35. The number of carboxylic acids is 1. The molecule has 0 heterocycles. The van der Waals surface area contributed by atoms with Crippen molar-refractivity contribution in [3.8, 4) is 0 Å². The number of primary amides is 1. The van der Waals surface area contributed by atoms with E-state index in [2.05, 4.69) is 16.0 Å². The molecule has 4 amide bonds. The van der Waals surface area contributed by atoms with E-state index in [9.17, 15) is 29.1 Å². The van der Waals surface area contributed by atoms with Crippen molar-refractivity contribution in [2.75, 3.05) is 0 Å². The highest BCUT2D eigenvalue weighted by Gasteiger charge is 2.32. The molecule has 0 aliphatic rings. The summed E-state index contributed by atoms with van der Waals surface area (Å²) in [5, 5.41) is 17.1. The van der Waals surface area contributed by atoms with E-state index in [4.69, 9.17) is 11.5 Å². The number of aliphatic carboxylic acids is 1. The summed E-state index contributed by atoms with van der Waals surface area (Å²) in [6, 6.07) is 4.42. The van der Waals surface area contributed by atoms with Gasteiger partial charge in [0.2, 0.25) is 23.6 Å². The molecule has 0 aliphatic heterocycles. The summed E-state index contributed by atoms with van der Waals surface area (Å²) < 4.78 is 0. The van der Waals surface area contributed by atoms with Crippen molar-refractivity contribution in [3.05, 3.63) is 35.9 Å². The molecule has 1 rings (SSSR count). The summed E-state index contributed by atoms with van der Waals surface area (Å²) in [4.78, 5) is 61.3. The lowest BCUT2D eigenvalue weighted by Gasteiger charge is -2.26. The Labute approximate surface area is 205 Å². The molecule has 194 valence electrons. The summed E-state index contributed by atoms with van der Waals surface area (Å²) in [6.45, 7) is 7.02. The van der Waals surface area contributed by atoms with E-state index >= 15 is 0 Å². The summed E-state index contributed by atoms with van der Waals surface area (Å²) in [6.07, 6.45) is -0.0384. The zero-order valence-corrected chi connectivity index (χ0v) is 20.6. The predicted octanol–water partition coefficient (Wildman–Crippen LogP) is -0.327. The van der Waals surface area contributed by atoms with E-state index in [0.717, 1.165) is 5.56 Å². The third kappa shape index (κ3) is 10.6. The quantitative estimate of drug-likeness (QED) is 0.205. The summed E-state index contributed by atoms with van der Waals surface area (Å²) in [5.41, 5.74) is 11.5. The van der Waals surface area contributed by atoms with Gasteiger partial charge in [-0.25, -0.2) is 4.79 Å². The van der Waals surface area contributed by atoms with E-state index in [1.165, 1.54) is 0 Å². The highest BCUT2D eigenvalue weighted by Crippen LogP contribution is 2.10. The Bertz CT molecular complexity index is 890. The monoisotopic (exact) mass is 491 g/mol. The zero-order chi connectivity index (χ0) is 26.7. The number of nitrogens with one attached hydrogen (secondary N) is 3. The van der Waals surface area contributed by atoms with Crippen LogP contribution in [0.5, 0.6) is 0 Å². The first-order valence-corrected chi connectivity index (χ1v) is 11.5. The molecule has 1 aromatic carbocycles. The lowest BCUT2D eigenvalue weighted by atomic mass is 9.99. The number of benzene rings is 1. The second kappa shape index (κ2) is 14.1. The van der Waals surface area contributed by atoms with Gasteiger partial charge in [0, 0.05) is 6.42 Å². The van der Waals surface area contributed by atoms with E-state index in [-0.39, 0.29) is 31.1 Å². The number of carbonyl (C=O) groups is 5. The number of carbonyl (C=O) groups excluding carboxylic acids is 4. The van der Waals surface area contributed by atoms with Crippen molar-refractivity contribution in [2.24, 2.45) is 23.3 Å². The Kier molecular flexibility index (Phi) is 11.9. The molecule has 0 fully saturated rings. The van der Waals surface area contributed by atoms with Gasteiger partial charge in [-0.05, 0) is 23.8 Å². The van der Waals surface area contributed by atoms with Gasteiger partial charge in [0.25, 0.3) is 0 Å². The Morgan fingerprint density at radius 2 is 1.40 bits per heavy atom. The maximum atomic E-state index is 13.2. The number of nitrogens with two attached hydrogens (primary N) is 2. The number of amides is 4. The van der Waals surface area contributed by atoms with Gasteiger partial charge in [0.1, 0.15) is 18.1 Å². The van der Waals surface area contributed by atoms with E-state index in [1.54, 1.807) is 44.2 Å². The maximum absolute atomic E-state index is 13.2. The molecule has 11 nitrogen and oxygen atoms in total. The van der Waals surface area contributed by atoms with E-state index in [0.29, 0.717) is 0 Å². The van der Waals surface area contributed by atoms with Crippen LogP contribution < -0.4 is 27.4 Å². The lowest BCUT2D eigenvalue weighted by molar-refractivity contribution is -0.143. The minimum absolute atomic E-state index is 0.00264. The van der Waals surface area contributed by atoms with Crippen molar-refractivity contribution in [1.82, 2.24) is 16.0 Å². The fourth-order valence-electron chi connectivity index (χ4n) is 3.39. The van der Waals surface area contributed by atoms with Crippen molar-refractivity contribution in [1.29, 1.82) is 0 Å². The number of rotatable bonds is 14. The van der Waals surface area contributed by atoms with Crippen LogP contribution in [-0.4, -0.2) is 58.9 Å². The molecule has 0 spiro atoms. The van der Waals surface area contributed by atoms with Crippen LogP contribution in [0.1, 0.15) is 46.1 Å². The first-order chi connectivity index (χ1) is 16.3. The molecule has 4 unspecified atom stereocenters. The van der Waals surface area contributed by atoms with Crippen LogP contribution in [0.2, 0.25) is 0 Å². The van der Waals surface area contributed by atoms with Gasteiger partial charge in [0.15, 0.2) is 0 Å². The van der Waals surface area contributed by atoms with Gasteiger partial charge < -0.3 is 32.5 Å². The molecule has 0 aliphatic carbocycles. The Hall–Kier alpha value is -3.47. The maximum Gasteiger partial charge on any atom is 0.326 e. The number of hydrogen-bond acceptors (Lipinski definition) is 6. The Morgan fingerprint density at radius 3 is 1.89 bits per heavy atom. The largest absolute Gasteiger partial charge is 0.480 e. The van der Waals surface area contributed by atoms with Gasteiger partial charge >= 0.3 is 5.97 Å². The molecule has 1 aromatic rings. The summed E-state index contributed by atoms with van der Waals surface area (Å²) >= 11 is 0. The molecule has 0 saturated heterocycles. The van der Waals surface area contributed by atoms with Gasteiger partial charge in [0.05, 0.1) is 12.5 Å². The van der Waals surface area contributed by atoms with Crippen LogP contribution in [0.15, 0.2) is 30.3 Å². The molecule has 0 saturated carbocycles. The highest BCUT2D eigenvalue weighted by atomic mass is 16.4. The Balaban J connectivity index is 3.12. The molecular weight excluding hydrogens is 454 g/mol. The lowest BCUT2D eigenvalue weighted by Crippen LogP contribution is -2.58. The van der Waals surface area contributed by atoms with Crippen LogP contribution in [-0.2, 0) is 30.4 Å². The third-order valence-electron chi connectivity index (χ3n) is 5.24. The minimum atomic E-state index is -1.22. The van der Waals surface area contributed by atoms with Crippen LogP contribution in [0.25, 0.3) is 0 Å². The standard InChI is InChI=1S/C24H37N5O6/c1-13(2)10-17(27-21(31)16(25)12-19(26)30)22(32)28-18(11-15-8-6-5-7-9-15)23(33)29-20(14(3)4)24(34)35/h5-9,13-14,16-18,20H,10-12,25H2,1-4H3,(H2,26,30)(H,27,31)(H,28,32)(H,29,33)(H,34,35). The fourth-order valence-corrected chi connectivity index (χ4v) is 3.39. The molecule has 0 aromatic heterocycles. The van der Waals surface area contributed by atoms with Crippen molar-refractivity contribution < 1.29 is 29.1 Å². The van der Waals surface area contributed by atoms with E-state index in [1.807, 2.05) is 13.8 Å². The van der Waals surface area contributed by atoms with Gasteiger partial charge in [-0.3, -0.25) is 19.2 Å². The first kappa shape index (κ1) is 29.6. The van der Waals surface area contributed by atoms with Crippen LogP contribution >= 0.6 is 0 Å². The molecule has 4 atom stereocenters. The van der Waals surface area contributed by atoms with Crippen molar-refractivity contribution in [3.63, 3.8) is 0 Å². The van der Waals surface area contributed by atoms with E-state index < -0.39 is 53.8 Å². The minimum Gasteiger partial charge on any atom is -0.480 e. The van der Waals surface area contributed by atoms with Crippen LogP contribution in [0.3, 0.4) is 0 Å². The SMILES string of the molecule is CC(C)CC(NC(=O)C(N)CC(N)=O)C(=O)NC(Cc1ccccc1)C(=O)NC(C(=O)O)C(C)C. The first-order valence-electron chi connectivity index (χ1n) is 11.5. The van der Waals surface area contributed by atoms with Crippen molar-refractivity contribution in [2.45, 2.75) is 71.1 Å². The fraction of sp³-hybridized carbons (Fsp3) is 0.542. The normalized spacial score (nSPS) is 14.5. The topological polar surface area (TPSA) is 194 Å². The van der Waals surface area contributed by atoms with Crippen LogP contribution in [0, 0.1) is 11.8 Å². The Morgan fingerprint density at radius 1 is 0.857 bits per heavy atom.